The Kier molecular flexibility index (Phi) is 4.19. The van der Waals surface area contributed by atoms with E-state index in [-0.39, 0.29) is 23.0 Å². The van der Waals surface area contributed by atoms with Crippen LogP contribution in [0.2, 0.25) is 0 Å². The number of ether oxygens (including phenoxy) is 2. The van der Waals surface area contributed by atoms with Gasteiger partial charge in [-0.25, -0.2) is 0 Å². The highest BCUT2D eigenvalue weighted by atomic mass is 79.9. The summed E-state index contributed by atoms with van der Waals surface area (Å²) in [6.45, 7) is 1.44. The van der Waals surface area contributed by atoms with E-state index < -0.39 is 0 Å². The molecule has 0 bridgehead atoms. The van der Waals surface area contributed by atoms with Crippen LogP contribution in [0.25, 0.3) is 0 Å². The minimum absolute atomic E-state index is 0.0313. The maximum Gasteiger partial charge on any atom is 0.302 e. The summed E-state index contributed by atoms with van der Waals surface area (Å²) in [5.41, 5.74) is 0. The Morgan fingerprint density at radius 1 is 1.38 bits per heavy atom. The molecule has 0 spiro atoms. The van der Waals surface area contributed by atoms with Gasteiger partial charge in [0.05, 0.1) is 10.9 Å². The highest BCUT2D eigenvalue weighted by molar-refractivity contribution is 9.09. The summed E-state index contributed by atoms with van der Waals surface area (Å²) in [4.78, 5) is 10.9. The standard InChI is InChI=1S/C9H15BrO3/c1-6(11)13-8-5-3-4-7(12-2)9(8)10/h7-9H,3-5H2,1-2H3/t7-,8-,9-/m0/s1. The van der Waals surface area contributed by atoms with Crippen molar-refractivity contribution >= 4 is 21.9 Å². The van der Waals surface area contributed by atoms with Gasteiger partial charge in [0.2, 0.25) is 0 Å². The first kappa shape index (κ1) is 11.0. The molecular weight excluding hydrogens is 236 g/mol. The highest BCUT2D eigenvalue weighted by Gasteiger charge is 2.33. The minimum Gasteiger partial charge on any atom is -0.461 e. The Hall–Kier alpha value is -0.0900. The summed E-state index contributed by atoms with van der Waals surface area (Å²) in [6.07, 6.45) is 3.15. The maximum atomic E-state index is 10.8. The van der Waals surface area contributed by atoms with Gasteiger partial charge in [-0.1, -0.05) is 15.9 Å². The second kappa shape index (κ2) is 4.96. The average molecular weight is 251 g/mol. The van der Waals surface area contributed by atoms with Gasteiger partial charge in [0.15, 0.2) is 0 Å². The lowest BCUT2D eigenvalue weighted by atomic mass is 9.95. The number of rotatable bonds is 2. The fraction of sp³-hybridized carbons (Fsp3) is 0.889. The Balaban J connectivity index is 2.49. The Morgan fingerprint density at radius 3 is 2.54 bits per heavy atom. The van der Waals surface area contributed by atoms with Crippen molar-refractivity contribution in [1.29, 1.82) is 0 Å². The molecule has 0 N–H and O–H groups in total. The van der Waals surface area contributed by atoms with Crippen molar-refractivity contribution in [2.45, 2.75) is 43.2 Å². The fourth-order valence-electron chi connectivity index (χ4n) is 1.66. The van der Waals surface area contributed by atoms with Crippen LogP contribution in [0.3, 0.4) is 0 Å². The highest BCUT2D eigenvalue weighted by Crippen LogP contribution is 2.29. The molecule has 1 fully saturated rings. The molecule has 0 aromatic rings. The van der Waals surface area contributed by atoms with Gasteiger partial charge in [-0.3, -0.25) is 4.79 Å². The number of hydrogen-bond acceptors (Lipinski definition) is 3. The summed E-state index contributed by atoms with van der Waals surface area (Å²) in [6, 6.07) is 0. The van der Waals surface area contributed by atoms with Crippen molar-refractivity contribution in [2.24, 2.45) is 0 Å². The number of alkyl halides is 1. The van der Waals surface area contributed by atoms with Crippen molar-refractivity contribution in [3.05, 3.63) is 0 Å². The quantitative estimate of drug-likeness (QED) is 0.555. The normalized spacial score (nSPS) is 34.2. The van der Waals surface area contributed by atoms with E-state index in [0.29, 0.717) is 0 Å². The van der Waals surface area contributed by atoms with E-state index in [2.05, 4.69) is 15.9 Å². The molecule has 0 heterocycles. The predicted molar refractivity (Wildman–Crippen MR) is 52.9 cm³/mol. The summed E-state index contributed by atoms with van der Waals surface area (Å²) in [5.74, 6) is -0.216. The molecule has 4 heteroatoms. The molecule has 13 heavy (non-hydrogen) atoms. The number of halogens is 1. The zero-order valence-electron chi connectivity index (χ0n) is 7.96. The van der Waals surface area contributed by atoms with Crippen LogP contribution in [0.15, 0.2) is 0 Å². The molecule has 0 unspecified atom stereocenters. The topological polar surface area (TPSA) is 35.5 Å². The van der Waals surface area contributed by atoms with Gasteiger partial charge in [-0.2, -0.15) is 0 Å². The van der Waals surface area contributed by atoms with Crippen LogP contribution in [0.5, 0.6) is 0 Å². The fourth-order valence-corrected chi connectivity index (χ4v) is 2.52. The molecule has 0 aromatic heterocycles. The monoisotopic (exact) mass is 250 g/mol. The van der Waals surface area contributed by atoms with Crippen LogP contribution in [0, 0.1) is 0 Å². The van der Waals surface area contributed by atoms with Crippen LogP contribution < -0.4 is 0 Å². The van der Waals surface area contributed by atoms with Gasteiger partial charge in [-0.15, -0.1) is 0 Å². The number of hydrogen-bond donors (Lipinski definition) is 0. The zero-order chi connectivity index (χ0) is 9.84. The van der Waals surface area contributed by atoms with Crippen molar-refractivity contribution in [1.82, 2.24) is 0 Å². The van der Waals surface area contributed by atoms with Gasteiger partial charge >= 0.3 is 5.97 Å². The third kappa shape index (κ3) is 2.95. The van der Waals surface area contributed by atoms with E-state index >= 15 is 0 Å². The van der Waals surface area contributed by atoms with Crippen LogP contribution in [0.4, 0.5) is 0 Å². The molecule has 3 atom stereocenters. The Bertz CT molecular complexity index is 184. The second-order valence-corrected chi connectivity index (χ2v) is 4.35. The number of carbonyl (C=O) groups is 1. The van der Waals surface area contributed by atoms with Crippen molar-refractivity contribution in [3.63, 3.8) is 0 Å². The molecule has 1 aliphatic carbocycles. The smallest absolute Gasteiger partial charge is 0.302 e. The van der Waals surface area contributed by atoms with Gasteiger partial charge in [0.1, 0.15) is 6.10 Å². The van der Waals surface area contributed by atoms with Crippen molar-refractivity contribution in [3.8, 4) is 0 Å². The predicted octanol–water partition coefficient (Wildman–Crippen LogP) is 1.88. The first-order valence-electron chi connectivity index (χ1n) is 4.49. The van der Waals surface area contributed by atoms with Crippen LogP contribution in [-0.2, 0) is 14.3 Å². The van der Waals surface area contributed by atoms with E-state index in [1.54, 1.807) is 7.11 Å². The molecule has 0 radical (unpaired) electrons. The van der Waals surface area contributed by atoms with Crippen molar-refractivity contribution < 1.29 is 14.3 Å². The molecule has 0 aliphatic heterocycles. The summed E-state index contributed by atoms with van der Waals surface area (Å²) < 4.78 is 10.4. The average Bonchev–Trinajstić information content (AvgIpc) is 2.08. The van der Waals surface area contributed by atoms with Gasteiger partial charge in [0.25, 0.3) is 0 Å². The van der Waals surface area contributed by atoms with Crippen LogP contribution >= 0.6 is 15.9 Å². The van der Waals surface area contributed by atoms with E-state index in [0.717, 1.165) is 19.3 Å². The molecule has 1 rings (SSSR count). The van der Waals surface area contributed by atoms with Gasteiger partial charge < -0.3 is 9.47 Å². The number of esters is 1. The lowest BCUT2D eigenvalue weighted by Crippen LogP contribution is -2.40. The zero-order valence-corrected chi connectivity index (χ0v) is 9.54. The first-order chi connectivity index (χ1) is 6.15. The van der Waals surface area contributed by atoms with Gasteiger partial charge in [0, 0.05) is 14.0 Å². The number of methoxy groups -OCH3 is 1. The maximum absolute atomic E-state index is 10.8. The lowest BCUT2D eigenvalue weighted by Gasteiger charge is -2.32. The molecule has 76 valence electrons. The lowest BCUT2D eigenvalue weighted by molar-refractivity contribution is -0.149. The molecular formula is C9H15BrO3. The largest absolute Gasteiger partial charge is 0.461 e. The summed E-state index contributed by atoms with van der Waals surface area (Å²) in [7, 11) is 1.69. The molecule has 1 aliphatic rings. The Morgan fingerprint density at radius 2 is 2.00 bits per heavy atom. The SMILES string of the molecule is CO[C@H]1CCC[C@H](OC(C)=O)[C@H]1Br. The number of carbonyl (C=O) groups excluding carboxylic acids is 1. The Labute approximate surface area is 86.9 Å². The molecule has 1 saturated carbocycles. The van der Waals surface area contributed by atoms with E-state index in [1.807, 2.05) is 0 Å². The van der Waals surface area contributed by atoms with E-state index in [4.69, 9.17) is 9.47 Å². The summed E-state index contributed by atoms with van der Waals surface area (Å²) in [5, 5.41) is 0. The minimum atomic E-state index is -0.216. The van der Waals surface area contributed by atoms with Gasteiger partial charge in [-0.05, 0) is 19.3 Å². The molecule has 0 saturated heterocycles. The second-order valence-electron chi connectivity index (χ2n) is 3.30. The first-order valence-corrected chi connectivity index (χ1v) is 5.40. The van der Waals surface area contributed by atoms with Crippen molar-refractivity contribution in [2.75, 3.05) is 7.11 Å². The molecule has 3 nitrogen and oxygen atoms in total. The summed E-state index contributed by atoms with van der Waals surface area (Å²) >= 11 is 3.51. The van der Waals surface area contributed by atoms with Crippen LogP contribution in [0.1, 0.15) is 26.2 Å². The van der Waals surface area contributed by atoms with E-state index in [1.165, 1.54) is 6.92 Å². The third-order valence-corrected chi connectivity index (χ3v) is 3.49. The molecule has 0 aromatic carbocycles. The molecule has 0 amide bonds. The van der Waals surface area contributed by atoms with E-state index in [9.17, 15) is 4.79 Å². The third-order valence-electron chi connectivity index (χ3n) is 2.31. The van der Waals surface area contributed by atoms with Crippen LogP contribution in [-0.4, -0.2) is 30.1 Å².